The van der Waals surface area contributed by atoms with Gasteiger partial charge >= 0.3 is 0 Å². The van der Waals surface area contributed by atoms with Gasteiger partial charge in [0.1, 0.15) is 5.69 Å². The number of hydrogen-bond acceptors (Lipinski definition) is 4. The highest BCUT2D eigenvalue weighted by atomic mass is 16.6. The van der Waals surface area contributed by atoms with Gasteiger partial charge in [0.05, 0.1) is 10.6 Å². The summed E-state index contributed by atoms with van der Waals surface area (Å²) in [6.07, 6.45) is 0. The van der Waals surface area contributed by atoms with Gasteiger partial charge in [-0.2, -0.15) is 0 Å². The lowest BCUT2D eigenvalue weighted by Gasteiger charge is -2.01. The first-order valence-corrected chi connectivity index (χ1v) is 3.82. The molecule has 0 aromatic heterocycles. The summed E-state index contributed by atoms with van der Waals surface area (Å²) in [7, 11) is 0. The summed E-state index contributed by atoms with van der Waals surface area (Å²) in [5.74, 6) is 5.31. The molecule has 0 amide bonds. The maximum absolute atomic E-state index is 10.6. The lowest BCUT2D eigenvalue weighted by Crippen LogP contribution is -2.01. The Balaban J connectivity index is 3.40. The molecule has 0 spiro atoms. The molecule has 0 bridgehead atoms. The number of anilines is 2. The zero-order valence-electron chi connectivity index (χ0n) is 7.57. The van der Waals surface area contributed by atoms with E-state index in [-0.39, 0.29) is 17.1 Å². The van der Waals surface area contributed by atoms with E-state index in [4.69, 9.17) is 11.5 Å². The number of nitro benzene ring substituents is 1. The van der Waals surface area contributed by atoms with Crippen molar-refractivity contribution in [2.45, 2.75) is 6.92 Å². The SMILES string of the molecule is CC#Cc1cc(N)c(N)c([N+](=O)[O-])c1. The highest BCUT2D eigenvalue weighted by Crippen LogP contribution is 2.28. The van der Waals surface area contributed by atoms with E-state index in [2.05, 4.69) is 11.8 Å². The normalized spacial score (nSPS) is 8.93. The number of benzene rings is 1. The van der Waals surface area contributed by atoms with Gasteiger partial charge in [0.2, 0.25) is 0 Å². The van der Waals surface area contributed by atoms with Gasteiger partial charge in [0.25, 0.3) is 5.69 Å². The van der Waals surface area contributed by atoms with Crippen molar-refractivity contribution in [1.29, 1.82) is 0 Å². The molecule has 0 saturated heterocycles. The molecule has 0 fully saturated rings. The third-order valence-electron chi connectivity index (χ3n) is 1.66. The van der Waals surface area contributed by atoms with Crippen molar-refractivity contribution >= 4 is 17.1 Å². The quantitative estimate of drug-likeness (QED) is 0.301. The lowest BCUT2D eigenvalue weighted by atomic mass is 10.1. The van der Waals surface area contributed by atoms with E-state index in [0.29, 0.717) is 5.56 Å². The van der Waals surface area contributed by atoms with E-state index in [1.165, 1.54) is 12.1 Å². The summed E-state index contributed by atoms with van der Waals surface area (Å²) < 4.78 is 0. The van der Waals surface area contributed by atoms with Gasteiger partial charge < -0.3 is 11.5 Å². The second-order valence-electron chi connectivity index (χ2n) is 2.63. The number of nitrogen functional groups attached to an aromatic ring is 2. The first-order valence-electron chi connectivity index (χ1n) is 3.82. The maximum atomic E-state index is 10.6. The summed E-state index contributed by atoms with van der Waals surface area (Å²) >= 11 is 0. The zero-order chi connectivity index (χ0) is 10.7. The lowest BCUT2D eigenvalue weighted by molar-refractivity contribution is -0.383. The van der Waals surface area contributed by atoms with Crippen molar-refractivity contribution in [2.24, 2.45) is 0 Å². The molecular formula is C9H9N3O2. The van der Waals surface area contributed by atoms with Crippen LogP contribution in [-0.4, -0.2) is 4.92 Å². The summed E-state index contributed by atoms with van der Waals surface area (Å²) in [5.41, 5.74) is 11.4. The Morgan fingerprint density at radius 2 is 2.07 bits per heavy atom. The average Bonchev–Trinajstić information content (AvgIpc) is 2.11. The van der Waals surface area contributed by atoms with Gasteiger partial charge in [0, 0.05) is 11.6 Å². The third-order valence-corrected chi connectivity index (χ3v) is 1.66. The molecule has 1 aromatic rings. The number of nitrogens with zero attached hydrogens (tertiary/aromatic N) is 1. The van der Waals surface area contributed by atoms with Crippen molar-refractivity contribution in [3.63, 3.8) is 0 Å². The highest BCUT2D eigenvalue weighted by Gasteiger charge is 2.14. The number of nitro groups is 1. The Bertz CT molecular complexity index is 443. The topological polar surface area (TPSA) is 95.2 Å². The summed E-state index contributed by atoms with van der Waals surface area (Å²) in [4.78, 5) is 9.98. The van der Waals surface area contributed by atoms with Crippen LogP contribution in [0.5, 0.6) is 0 Å². The number of rotatable bonds is 1. The van der Waals surface area contributed by atoms with Crippen LogP contribution >= 0.6 is 0 Å². The Labute approximate surface area is 80.9 Å². The Morgan fingerprint density at radius 3 is 2.57 bits per heavy atom. The van der Waals surface area contributed by atoms with Crippen molar-refractivity contribution in [1.82, 2.24) is 0 Å². The van der Waals surface area contributed by atoms with E-state index < -0.39 is 4.92 Å². The van der Waals surface area contributed by atoms with E-state index >= 15 is 0 Å². The third kappa shape index (κ3) is 1.75. The molecule has 4 N–H and O–H groups in total. The van der Waals surface area contributed by atoms with E-state index in [0.717, 1.165) is 0 Å². The number of nitrogens with two attached hydrogens (primary N) is 2. The van der Waals surface area contributed by atoms with E-state index in [1.807, 2.05) is 0 Å². The van der Waals surface area contributed by atoms with Crippen LogP contribution in [0, 0.1) is 22.0 Å². The molecule has 72 valence electrons. The van der Waals surface area contributed by atoms with Gasteiger partial charge in [-0.3, -0.25) is 10.1 Å². The summed E-state index contributed by atoms with van der Waals surface area (Å²) in [6.45, 7) is 1.64. The molecule has 0 aliphatic carbocycles. The van der Waals surface area contributed by atoms with Crippen LogP contribution < -0.4 is 11.5 Å². The molecule has 0 unspecified atom stereocenters. The molecule has 0 heterocycles. The van der Waals surface area contributed by atoms with Crippen molar-refractivity contribution in [3.05, 3.63) is 27.8 Å². The van der Waals surface area contributed by atoms with Crippen molar-refractivity contribution in [3.8, 4) is 11.8 Å². The summed E-state index contributed by atoms with van der Waals surface area (Å²) in [6, 6.07) is 2.82. The Hall–Kier alpha value is -2.22. The standard InChI is InChI=1S/C9H9N3O2/c1-2-3-6-4-7(10)9(11)8(5-6)12(13)14/h4-5H,10-11H2,1H3. The van der Waals surface area contributed by atoms with Crippen molar-refractivity contribution < 1.29 is 4.92 Å². The largest absolute Gasteiger partial charge is 0.397 e. The first-order chi connectivity index (χ1) is 6.56. The Morgan fingerprint density at radius 1 is 1.43 bits per heavy atom. The molecule has 1 aromatic carbocycles. The molecule has 5 nitrogen and oxygen atoms in total. The molecule has 5 heteroatoms. The van der Waals surface area contributed by atoms with Crippen LogP contribution in [0.1, 0.15) is 12.5 Å². The fourth-order valence-electron chi connectivity index (χ4n) is 1.03. The average molecular weight is 191 g/mol. The van der Waals surface area contributed by atoms with Crippen LogP contribution in [0.25, 0.3) is 0 Å². The van der Waals surface area contributed by atoms with Gasteiger partial charge in [-0.15, -0.1) is 5.92 Å². The first kappa shape index (κ1) is 9.86. The van der Waals surface area contributed by atoms with Crippen LogP contribution in [-0.2, 0) is 0 Å². The highest BCUT2D eigenvalue weighted by molar-refractivity contribution is 5.76. The molecule has 0 saturated carbocycles. The Kier molecular flexibility index (Phi) is 2.58. The molecular weight excluding hydrogens is 182 g/mol. The zero-order valence-corrected chi connectivity index (χ0v) is 7.57. The van der Waals surface area contributed by atoms with Gasteiger partial charge in [-0.1, -0.05) is 5.92 Å². The summed E-state index contributed by atoms with van der Waals surface area (Å²) in [5, 5.41) is 10.6. The van der Waals surface area contributed by atoms with Crippen LogP contribution in [0.2, 0.25) is 0 Å². The molecule has 0 atom stereocenters. The van der Waals surface area contributed by atoms with Gasteiger partial charge in [0.15, 0.2) is 0 Å². The predicted octanol–water partition coefficient (Wildman–Crippen LogP) is 1.13. The van der Waals surface area contributed by atoms with Crippen molar-refractivity contribution in [2.75, 3.05) is 11.5 Å². The fraction of sp³-hybridized carbons (Fsp3) is 0.111. The van der Waals surface area contributed by atoms with E-state index in [9.17, 15) is 10.1 Å². The molecule has 14 heavy (non-hydrogen) atoms. The molecule has 0 aliphatic rings. The monoisotopic (exact) mass is 191 g/mol. The van der Waals surface area contributed by atoms with Gasteiger partial charge in [-0.25, -0.2) is 0 Å². The molecule has 0 aliphatic heterocycles. The van der Waals surface area contributed by atoms with E-state index in [1.54, 1.807) is 6.92 Å². The fourth-order valence-corrected chi connectivity index (χ4v) is 1.03. The van der Waals surface area contributed by atoms with Crippen LogP contribution in [0.15, 0.2) is 12.1 Å². The second-order valence-corrected chi connectivity index (χ2v) is 2.63. The minimum atomic E-state index is -0.577. The van der Waals surface area contributed by atoms with Gasteiger partial charge in [-0.05, 0) is 13.0 Å². The van der Waals surface area contributed by atoms with Crippen LogP contribution in [0.4, 0.5) is 17.1 Å². The molecule has 0 radical (unpaired) electrons. The smallest absolute Gasteiger partial charge is 0.295 e. The predicted molar refractivity (Wildman–Crippen MR) is 54.5 cm³/mol. The number of hydrogen-bond donors (Lipinski definition) is 2. The molecule has 1 rings (SSSR count). The van der Waals surface area contributed by atoms with Crippen LogP contribution in [0.3, 0.4) is 0 Å². The minimum absolute atomic E-state index is 0.0170. The second kappa shape index (κ2) is 3.66. The maximum Gasteiger partial charge on any atom is 0.295 e. The minimum Gasteiger partial charge on any atom is -0.397 e.